The zero-order valence-electron chi connectivity index (χ0n) is 18.1. The molecular formula is C29H23Br2N. The van der Waals surface area contributed by atoms with Crippen molar-refractivity contribution in [1.29, 1.82) is 0 Å². The molecule has 0 radical (unpaired) electrons. The normalized spacial score (nSPS) is 14.1. The second-order valence-electron chi connectivity index (χ2n) is 8.72. The number of hydrogen-bond acceptors (Lipinski definition) is 0. The van der Waals surface area contributed by atoms with Gasteiger partial charge in [-0.3, -0.25) is 0 Å². The number of hydrogen-bond donors (Lipinski definition) is 0. The Balaban J connectivity index is 1.68. The number of rotatable bonds is 3. The topological polar surface area (TPSA) is 4.93 Å². The van der Waals surface area contributed by atoms with E-state index in [-0.39, 0.29) is 5.41 Å². The van der Waals surface area contributed by atoms with E-state index >= 15 is 0 Å². The fourth-order valence-corrected chi connectivity index (χ4v) is 6.56. The number of fused-ring (bicyclic) bond motifs is 6. The summed E-state index contributed by atoms with van der Waals surface area (Å²) < 4.78 is 4.62. The number of aromatic nitrogens is 1. The van der Waals surface area contributed by atoms with Crippen molar-refractivity contribution in [2.45, 2.75) is 32.1 Å². The summed E-state index contributed by atoms with van der Waals surface area (Å²) in [5.41, 5.74) is 9.50. The fraction of sp³-hybridized carbons (Fsp3) is 0.172. The largest absolute Gasteiger partial charge is 0.309 e. The predicted molar refractivity (Wildman–Crippen MR) is 143 cm³/mol. The van der Waals surface area contributed by atoms with Crippen molar-refractivity contribution in [3.63, 3.8) is 0 Å². The molecule has 1 heterocycles. The second kappa shape index (κ2) is 7.33. The third-order valence-electron chi connectivity index (χ3n) is 7.41. The van der Waals surface area contributed by atoms with E-state index in [2.05, 4.69) is 129 Å². The molecule has 0 unspecified atom stereocenters. The molecule has 1 aromatic heterocycles. The lowest BCUT2D eigenvalue weighted by Gasteiger charge is -2.30. The molecule has 0 amide bonds. The van der Waals surface area contributed by atoms with E-state index < -0.39 is 0 Å². The first kappa shape index (κ1) is 20.3. The summed E-state index contributed by atoms with van der Waals surface area (Å²) in [6.07, 6.45) is 2.20. The Bertz CT molecular complexity index is 1460. The molecule has 1 nitrogen and oxygen atoms in total. The summed E-state index contributed by atoms with van der Waals surface area (Å²) in [4.78, 5) is 0. The summed E-state index contributed by atoms with van der Waals surface area (Å²) in [7, 11) is 0. The Kier molecular flexibility index (Phi) is 4.64. The number of nitrogens with zero attached hydrogens (tertiary/aromatic N) is 1. The maximum absolute atomic E-state index is 3.67. The lowest BCUT2D eigenvalue weighted by atomic mass is 9.74. The third-order valence-corrected chi connectivity index (χ3v) is 8.39. The van der Waals surface area contributed by atoms with Crippen LogP contribution in [-0.2, 0) is 5.41 Å². The van der Waals surface area contributed by atoms with E-state index in [1.165, 1.54) is 49.7 Å². The summed E-state index contributed by atoms with van der Waals surface area (Å²) in [5, 5.41) is 2.52. The lowest BCUT2D eigenvalue weighted by Crippen LogP contribution is -2.23. The van der Waals surface area contributed by atoms with Gasteiger partial charge in [0.2, 0.25) is 0 Å². The van der Waals surface area contributed by atoms with Crippen LogP contribution in [0.4, 0.5) is 0 Å². The highest BCUT2D eigenvalue weighted by atomic mass is 79.9. The van der Waals surface area contributed by atoms with Crippen LogP contribution in [0.1, 0.15) is 37.8 Å². The molecule has 0 atom stereocenters. The average molecular weight is 545 g/mol. The van der Waals surface area contributed by atoms with Gasteiger partial charge >= 0.3 is 0 Å². The van der Waals surface area contributed by atoms with E-state index in [4.69, 9.17) is 0 Å². The Labute approximate surface area is 205 Å². The second-order valence-corrected chi connectivity index (χ2v) is 10.6. The maximum Gasteiger partial charge on any atom is 0.0541 e. The van der Waals surface area contributed by atoms with Crippen molar-refractivity contribution in [1.82, 2.24) is 4.57 Å². The van der Waals surface area contributed by atoms with Crippen molar-refractivity contribution in [2.75, 3.05) is 0 Å². The van der Waals surface area contributed by atoms with E-state index in [9.17, 15) is 0 Å². The smallest absolute Gasteiger partial charge is 0.0541 e. The van der Waals surface area contributed by atoms with Crippen LogP contribution in [0.3, 0.4) is 0 Å². The third kappa shape index (κ3) is 2.67. The molecule has 3 heteroatoms. The van der Waals surface area contributed by atoms with Gasteiger partial charge in [-0.1, -0.05) is 76.0 Å². The molecule has 158 valence electrons. The summed E-state index contributed by atoms with van der Waals surface area (Å²) in [6.45, 7) is 4.66. The Morgan fingerprint density at radius 2 is 1.25 bits per heavy atom. The van der Waals surface area contributed by atoms with E-state index in [0.29, 0.717) is 0 Å². The Morgan fingerprint density at radius 1 is 0.656 bits per heavy atom. The Morgan fingerprint density at radius 3 is 1.88 bits per heavy atom. The van der Waals surface area contributed by atoms with Crippen molar-refractivity contribution >= 4 is 53.7 Å². The van der Waals surface area contributed by atoms with Crippen LogP contribution >= 0.6 is 31.9 Å². The van der Waals surface area contributed by atoms with Gasteiger partial charge in [-0.05, 0) is 83.6 Å². The van der Waals surface area contributed by atoms with Crippen molar-refractivity contribution in [3.8, 4) is 16.8 Å². The van der Waals surface area contributed by atoms with E-state index in [1.807, 2.05) is 0 Å². The molecule has 32 heavy (non-hydrogen) atoms. The number of benzene rings is 4. The van der Waals surface area contributed by atoms with E-state index in [0.717, 1.165) is 21.8 Å². The zero-order valence-corrected chi connectivity index (χ0v) is 21.3. The molecule has 5 aromatic rings. The minimum absolute atomic E-state index is 0.0761. The van der Waals surface area contributed by atoms with Crippen LogP contribution in [0.15, 0.2) is 87.8 Å². The zero-order chi connectivity index (χ0) is 22.0. The predicted octanol–water partition coefficient (Wildman–Crippen LogP) is 9.40. The minimum Gasteiger partial charge on any atom is -0.309 e. The highest BCUT2D eigenvalue weighted by Crippen LogP contribution is 2.53. The molecule has 4 aromatic carbocycles. The van der Waals surface area contributed by atoms with Gasteiger partial charge in [-0.25, -0.2) is 0 Å². The van der Waals surface area contributed by atoms with Crippen LogP contribution in [0.5, 0.6) is 0 Å². The first-order valence-corrected chi connectivity index (χ1v) is 12.8. The molecule has 6 rings (SSSR count). The van der Waals surface area contributed by atoms with Crippen molar-refractivity contribution in [3.05, 3.63) is 98.9 Å². The summed E-state index contributed by atoms with van der Waals surface area (Å²) in [6, 6.07) is 29.2. The van der Waals surface area contributed by atoms with Gasteiger partial charge in [0.15, 0.2) is 0 Å². The van der Waals surface area contributed by atoms with Crippen molar-refractivity contribution < 1.29 is 0 Å². The minimum atomic E-state index is 0.0761. The molecule has 0 saturated heterocycles. The van der Waals surface area contributed by atoms with Crippen LogP contribution in [-0.4, -0.2) is 4.57 Å². The highest BCUT2D eigenvalue weighted by molar-refractivity contribution is 9.10. The molecule has 0 spiro atoms. The molecule has 0 aliphatic heterocycles. The van der Waals surface area contributed by atoms with Crippen molar-refractivity contribution in [2.24, 2.45) is 0 Å². The van der Waals surface area contributed by atoms with Gasteiger partial charge < -0.3 is 4.57 Å². The van der Waals surface area contributed by atoms with Crippen LogP contribution in [0, 0.1) is 0 Å². The highest BCUT2D eigenvalue weighted by Gasteiger charge is 2.40. The molecule has 0 N–H and O–H groups in total. The molecule has 0 fully saturated rings. The standard InChI is InChI=1S/C29H23Br2N/c1-3-29(4-2)25-8-6-5-7-21(25)22-12-11-20(17-26(22)29)32-27-13-9-18(30)15-23(27)24-16-19(31)10-14-28(24)32/h5-17H,3-4H2,1-2H3. The average Bonchev–Trinajstić information content (AvgIpc) is 3.28. The SMILES string of the molecule is CCC1(CC)c2ccccc2-c2ccc(-n3c4ccc(Br)cc4c4cc(Br)ccc43)cc21. The molecule has 0 saturated carbocycles. The lowest BCUT2D eigenvalue weighted by molar-refractivity contribution is 0.490. The van der Waals surface area contributed by atoms with Gasteiger partial charge in [-0.15, -0.1) is 0 Å². The van der Waals surface area contributed by atoms with Gasteiger partial charge in [-0.2, -0.15) is 0 Å². The monoisotopic (exact) mass is 543 g/mol. The van der Waals surface area contributed by atoms with Crippen LogP contribution in [0.2, 0.25) is 0 Å². The molecular weight excluding hydrogens is 522 g/mol. The number of halogens is 2. The molecule has 1 aliphatic carbocycles. The molecule has 0 bridgehead atoms. The fourth-order valence-electron chi connectivity index (χ4n) is 5.84. The maximum atomic E-state index is 3.67. The molecule has 1 aliphatic rings. The van der Waals surface area contributed by atoms with Gasteiger partial charge in [0.1, 0.15) is 0 Å². The van der Waals surface area contributed by atoms with E-state index in [1.54, 1.807) is 0 Å². The summed E-state index contributed by atoms with van der Waals surface area (Å²) in [5.74, 6) is 0. The van der Waals surface area contributed by atoms with Crippen LogP contribution in [0.25, 0.3) is 38.6 Å². The first-order chi connectivity index (χ1) is 15.6. The summed E-state index contributed by atoms with van der Waals surface area (Å²) >= 11 is 7.34. The van der Waals surface area contributed by atoms with Crippen LogP contribution < -0.4 is 0 Å². The quantitative estimate of drug-likeness (QED) is 0.213. The first-order valence-electron chi connectivity index (χ1n) is 11.2. The van der Waals surface area contributed by atoms with Gasteiger partial charge in [0, 0.05) is 30.8 Å². The van der Waals surface area contributed by atoms with Gasteiger partial charge in [0.05, 0.1) is 11.0 Å². The van der Waals surface area contributed by atoms with Gasteiger partial charge in [0.25, 0.3) is 0 Å². The Hall–Kier alpha value is -2.36.